The van der Waals surface area contributed by atoms with Crippen molar-refractivity contribution >= 4 is 21.6 Å². The number of carbonyl (C=O) groups is 1. The van der Waals surface area contributed by atoms with Crippen LogP contribution >= 0.6 is 0 Å². The van der Waals surface area contributed by atoms with E-state index in [0.29, 0.717) is 25.7 Å². The van der Waals surface area contributed by atoms with Gasteiger partial charge in [-0.15, -0.1) is 0 Å². The molecule has 0 heterocycles. The maximum absolute atomic E-state index is 13.6. The fourth-order valence-electron chi connectivity index (χ4n) is 2.71. The Morgan fingerprint density at radius 3 is 2.08 bits per heavy atom. The van der Waals surface area contributed by atoms with Crippen molar-refractivity contribution in [1.29, 1.82) is 0 Å². The lowest BCUT2D eigenvalue weighted by atomic mass is 9.86. The summed E-state index contributed by atoms with van der Waals surface area (Å²) in [6.45, 7) is 4.87. The largest absolute Gasteiger partial charge is 0.321 e. The number of para-hydroxylation sites is 1. The van der Waals surface area contributed by atoms with E-state index in [1.165, 1.54) is 6.07 Å². The second kappa shape index (κ2) is 7.37. The van der Waals surface area contributed by atoms with Crippen molar-refractivity contribution in [2.45, 2.75) is 57.2 Å². The van der Waals surface area contributed by atoms with Crippen LogP contribution < -0.4 is 10.0 Å². The van der Waals surface area contributed by atoms with Gasteiger partial charge in [-0.3, -0.25) is 4.79 Å². The quantitative estimate of drug-likeness (QED) is 0.850. The van der Waals surface area contributed by atoms with E-state index in [1.54, 1.807) is 20.8 Å². The number of benzene rings is 1. The molecular weight excluding hydrogens is 350 g/mol. The third kappa shape index (κ3) is 4.76. The van der Waals surface area contributed by atoms with Crippen LogP contribution in [0, 0.1) is 17.6 Å². The maximum Gasteiger partial charge on any atom is 0.227 e. The Balaban J connectivity index is 1.93. The van der Waals surface area contributed by atoms with Gasteiger partial charge in [0.1, 0.15) is 17.3 Å². The molecule has 1 aromatic rings. The average Bonchev–Trinajstić information content (AvgIpc) is 2.50. The summed E-state index contributed by atoms with van der Waals surface area (Å²) in [6.07, 6.45) is 1.93. The Labute approximate surface area is 147 Å². The highest BCUT2D eigenvalue weighted by atomic mass is 32.2. The van der Waals surface area contributed by atoms with Gasteiger partial charge in [-0.2, -0.15) is 0 Å². The number of rotatable bonds is 4. The summed E-state index contributed by atoms with van der Waals surface area (Å²) >= 11 is 0. The maximum atomic E-state index is 13.6. The van der Waals surface area contributed by atoms with Crippen molar-refractivity contribution < 1.29 is 22.0 Å². The second-order valence-electron chi connectivity index (χ2n) is 7.37. The van der Waals surface area contributed by atoms with Gasteiger partial charge in [-0.25, -0.2) is 21.9 Å². The average molecular weight is 374 g/mol. The van der Waals surface area contributed by atoms with Crippen LogP contribution in [0.1, 0.15) is 46.5 Å². The van der Waals surface area contributed by atoms with Gasteiger partial charge in [0.25, 0.3) is 0 Å². The van der Waals surface area contributed by atoms with E-state index in [1.807, 2.05) is 0 Å². The number of carbonyl (C=O) groups excluding carboxylic acids is 1. The first kappa shape index (κ1) is 19.8. The molecule has 1 aromatic carbocycles. The van der Waals surface area contributed by atoms with Crippen LogP contribution in [0.5, 0.6) is 0 Å². The summed E-state index contributed by atoms with van der Waals surface area (Å²) in [5.74, 6) is -2.48. The monoisotopic (exact) mass is 374 g/mol. The van der Waals surface area contributed by atoms with Crippen molar-refractivity contribution in [2.75, 3.05) is 5.32 Å². The third-order valence-corrected chi connectivity index (χ3v) is 6.69. The molecule has 5 nitrogen and oxygen atoms in total. The molecule has 0 atom stereocenters. The molecule has 1 amide bonds. The highest BCUT2D eigenvalue weighted by molar-refractivity contribution is 7.90. The van der Waals surface area contributed by atoms with Gasteiger partial charge in [0.2, 0.25) is 15.9 Å². The summed E-state index contributed by atoms with van der Waals surface area (Å²) in [4.78, 5) is 12.2. The van der Waals surface area contributed by atoms with Crippen LogP contribution in [0.4, 0.5) is 14.5 Å². The number of sulfonamides is 1. The first-order chi connectivity index (χ1) is 11.5. The van der Waals surface area contributed by atoms with Crippen molar-refractivity contribution in [3.8, 4) is 0 Å². The van der Waals surface area contributed by atoms with Gasteiger partial charge < -0.3 is 5.32 Å². The number of anilines is 1. The molecule has 0 aliphatic heterocycles. The molecule has 0 aromatic heterocycles. The SMILES string of the molecule is CC(C)(C)S(=O)(=O)N[C@H]1CC[C@H](C(=O)Nc2c(F)cccc2F)CC1. The molecule has 0 bridgehead atoms. The zero-order valence-corrected chi connectivity index (χ0v) is 15.4. The molecule has 1 aliphatic carbocycles. The molecule has 2 rings (SSSR count). The molecule has 1 aliphatic rings. The predicted molar refractivity (Wildman–Crippen MR) is 92.5 cm³/mol. The number of halogens is 2. The summed E-state index contributed by atoms with van der Waals surface area (Å²) in [5.41, 5.74) is -0.442. The Kier molecular flexibility index (Phi) is 5.83. The van der Waals surface area contributed by atoms with Gasteiger partial charge in [-0.05, 0) is 58.6 Å². The molecule has 0 unspecified atom stereocenters. The Hall–Kier alpha value is -1.54. The van der Waals surface area contributed by atoms with Gasteiger partial charge >= 0.3 is 0 Å². The molecule has 8 heteroatoms. The van der Waals surface area contributed by atoms with E-state index in [2.05, 4.69) is 10.0 Å². The Bertz CT molecular complexity index is 717. The fourth-order valence-corrected chi connectivity index (χ4v) is 3.74. The summed E-state index contributed by atoms with van der Waals surface area (Å²) in [5, 5.41) is 2.31. The molecule has 1 fully saturated rings. The van der Waals surface area contributed by atoms with E-state index >= 15 is 0 Å². The van der Waals surface area contributed by atoms with Crippen LogP contribution in [0.3, 0.4) is 0 Å². The minimum absolute atomic E-state index is 0.224. The fraction of sp³-hybridized carbons (Fsp3) is 0.588. The molecular formula is C17H24F2N2O3S. The first-order valence-corrected chi connectivity index (χ1v) is 9.76. The number of amides is 1. The van der Waals surface area contributed by atoms with Crippen molar-refractivity contribution in [3.63, 3.8) is 0 Å². The normalized spacial score (nSPS) is 21.8. The van der Waals surface area contributed by atoms with E-state index in [9.17, 15) is 22.0 Å². The first-order valence-electron chi connectivity index (χ1n) is 8.28. The topological polar surface area (TPSA) is 75.3 Å². The highest BCUT2D eigenvalue weighted by Gasteiger charge is 2.34. The highest BCUT2D eigenvalue weighted by Crippen LogP contribution is 2.28. The molecule has 0 radical (unpaired) electrons. The number of hydrogen-bond acceptors (Lipinski definition) is 3. The van der Waals surface area contributed by atoms with E-state index in [0.717, 1.165) is 12.1 Å². The summed E-state index contributed by atoms with van der Waals surface area (Å²) in [7, 11) is -3.44. The zero-order chi connectivity index (χ0) is 18.8. The van der Waals surface area contributed by atoms with E-state index in [-0.39, 0.29) is 6.04 Å². The third-order valence-electron chi connectivity index (χ3n) is 4.44. The van der Waals surface area contributed by atoms with Crippen molar-refractivity contribution in [2.24, 2.45) is 5.92 Å². The van der Waals surface area contributed by atoms with E-state index in [4.69, 9.17) is 0 Å². The summed E-state index contributed by atoms with van der Waals surface area (Å²) in [6, 6.07) is 3.17. The van der Waals surface area contributed by atoms with Crippen LogP contribution in [-0.2, 0) is 14.8 Å². The minimum atomic E-state index is -3.44. The number of nitrogens with one attached hydrogen (secondary N) is 2. The van der Waals surface area contributed by atoms with Crippen LogP contribution in [0.15, 0.2) is 18.2 Å². The smallest absolute Gasteiger partial charge is 0.227 e. The molecule has 0 spiro atoms. The van der Waals surface area contributed by atoms with Crippen LogP contribution in [-0.4, -0.2) is 25.1 Å². The van der Waals surface area contributed by atoms with Crippen LogP contribution in [0.2, 0.25) is 0 Å². The summed E-state index contributed by atoms with van der Waals surface area (Å²) < 4.78 is 53.4. The molecule has 25 heavy (non-hydrogen) atoms. The number of hydrogen-bond donors (Lipinski definition) is 2. The molecule has 0 saturated heterocycles. The Morgan fingerprint density at radius 2 is 1.60 bits per heavy atom. The Morgan fingerprint density at radius 1 is 1.08 bits per heavy atom. The zero-order valence-electron chi connectivity index (χ0n) is 14.6. The van der Waals surface area contributed by atoms with Gasteiger partial charge in [0, 0.05) is 12.0 Å². The lowest BCUT2D eigenvalue weighted by molar-refractivity contribution is -0.120. The second-order valence-corrected chi connectivity index (χ2v) is 9.84. The minimum Gasteiger partial charge on any atom is -0.321 e. The van der Waals surface area contributed by atoms with Gasteiger partial charge in [0.15, 0.2) is 0 Å². The molecule has 140 valence electrons. The molecule has 1 saturated carbocycles. The van der Waals surface area contributed by atoms with Gasteiger partial charge in [0.05, 0.1) is 4.75 Å². The van der Waals surface area contributed by atoms with Crippen molar-refractivity contribution in [1.82, 2.24) is 4.72 Å². The standard InChI is InChI=1S/C17H24F2N2O3S/c1-17(2,3)25(23,24)21-12-9-7-11(8-10-12)16(22)20-15-13(18)5-4-6-14(15)19/h4-6,11-12,21H,7-10H2,1-3H3,(H,20,22)/t11-,12-. The van der Waals surface area contributed by atoms with E-state index < -0.39 is 43.9 Å². The molecule has 2 N–H and O–H groups in total. The van der Waals surface area contributed by atoms with Crippen molar-refractivity contribution in [3.05, 3.63) is 29.8 Å². The lowest BCUT2D eigenvalue weighted by Gasteiger charge is -2.30. The lowest BCUT2D eigenvalue weighted by Crippen LogP contribution is -2.46. The van der Waals surface area contributed by atoms with Gasteiger partial charge in [-0.1, -0.05) is 6.07 Å². The predicted octanol–water partition coefficient (Wildman–Crippen LogP) is 3.18. The van der Waals surface area contributed by atoms with Crippen LogP contribution in [0.25, 0.3) is 0 Å².